The molecule has 2 aliphatic heterocycles. The number of hydrogen-bond donors (Lipinski definition) is 2. The van der Waals surface area contributed by atoms with E-state index in [1.54, 1.807) is 7.11 Å². The van der Waals surface area contributed by atoms with Gasteiger partial charge in [0, 0.05) is 65.5 Å². The number of methoxy groups -OCH3 is 1. The van der Waals surface area contributed by atoms with E-state index in [-0.39, 0.29) is 35.6 Å². The number of anilines is 1. The van der Waals surface area contributed by atoms with Crippen molar-refractivity contribution in [1.29, 1.82) is 0 Å². The van der Waals surface area contributed by atoms with Crippen LogP contribution in [0, 0.1) is 0 Å². The first-order valence-corrected chi connectivity index (χ1v) is 10.1. The molecule has 2 heterocycles. The molecule has 1 atom stereocenters. The molecule has 7 heteroatoms. The van der Waals surface area contributed by atoms with E-state index < -0.39 is 0 Å². The lowest BCUT2D eigenvalue weighted by molar-refractivity contribution is -0.0855. The molecule has 6 nitrogen and oxygen atoms in total. The average Bonchev–Trinajstić information content (AvgIpc) is 3.26. The molecule has 1 aromatic rings. The molecule has 158 valence electrons. The largest absolute Gasteiger partial charge is 0.381 e. The zero-order valence-corrected chi connectivity index (χ0v) is 19.7. The van der Waals surface area contributed by atoms with Crippen LogP contribution in [0.15, 0.2) is 29.3 Å². The van der Waals surface area contributed by atoms with Crippen molar-refractivity contribution in [3.63, 3.8) is 0 Å². The number of nitrogens with zero attached hydrogens (tertiary/aromatic N) is 2. The Morgan fingerprint density at radius 2 is 2.00 bits per heavy atom. The molecule has 1 unspecified atom stereocenters. The topological polar surface area (TPSA) is 58.1 Å². The molecular weight excluding hydrogens is 467 g/mol. The summed E-state index contributed by atoms with van der Waals surface area (Å²) in [5.41, 5.74) is 2.42. The molecule has 0 aromatic heterocycles. The van der Waals surface area contributed by atoms with Crippen LogP contribution in [0.3, 0.4) is 0 Å². The maximum atomic E-state index is 5.81. The fourth-order valence-corrected chi connectivity index (χ4v) is 3.89. The number of nitrogens with one attached hydrogen (secondary N) is 2. The number of benzene rings is 1. The summed E-state index contributed by atoms with van der Waals surface area (Å²) in [5.74, 6) is 0.803. The number of aliphatic imine (C=N–C) groups is 1. The summed E-state index contributed by atoms with van der Waals surface area (Å²) in [4.78, 5) is 6.87. The van der Waals surface area contributed by atoms with E-state index in [1.807, 2.05) is 7.05 Å². The Bertz CT molecular complexity index is 629. The smallest absolute Gasteiger partial charge is 0.191 e. The molecule has 0 spiro atoms. The average molecular weight is 502 g/mol. The fourth-order valence-electron chi connectivity index (χ4n) is 3.89. The van der Waals surface area contributed by atoms with Gasteiger partial charge in [-0.3, -0.25) is 4.99 Å². The second-order valence-corrected chi connectivity index (χ2v) is 7.58. The quantitative estimate of drug-likeness (QED) is 0.355. The van der Waals surface area contributed by atoms with E-state index >= 15 is 0 Å². The van der Waals surface area contributed by atoms with Crippen LogP contribution in [-0.2, 0) is 9.47 Å². The molecule has 2 fully saturated rings. The van der Waals surface area contributed by atoms with Gasteiger partial charge in [0.25, 0.3) is 0 Å². The molecular formula is C21H35IN4O2. The van der Waals surface area contributed by atoms with Gasteiger partial charge in [0.05, 0.1) is 11.6 Å². The van der Waals surface area contributed by atoms with E-state index in [2.05, 4.69) is 51.7 Å². The first-order chi connectivity index (χ1) is 13.2. The summed E-state index contributed by atoms with van der Waals surface area (Å²) in [5, 5.41) is 6.96. The lowest BCUT2D eigenvalue weighted by Gasteiger charge is -2.36. The Morgan fingerprint density at radius 1 is 1.29 bits per heavy atom. The maximum Gasteiger partial charge on any atom is 0.191 e. The lowest BCUT2D eigenvalue weighted by atomic mass is 9.94. The highest BCUT2D eigenvalue weighted by molar-refractivity contribution is 14.0. The van der Waals surface area contributed by atoms with Gasteiger partial charge in [0.15, 0.2) is 5.96 Å². The third-order valence-electron chi connectivity index (χ3n) is 5.83. The highest BCUT2D eigenvalue weighted by Crippen LogP contribution is 2.25. The van der Waals surface area contributed by atoms with Crippen LogP contribution in [0.25, 0.3) is 0 Å². The van der Waals surface area contributed by atoms with Crippen molar-refractivity contribution >= 4 is 35.6 Å². The Kier molecular flexibility index (Phi) is 9.30. The van der Waals surface area contributed by atoms with Crippen molar-refractivity contribution < 1.29 is 9.47 Å². The molecule has 1 aromatic carbocycles. The zero-order chi connectivity index (χ0) is 19.1. The first-order valence-electron chi connectivity index (χ1n) is 10.1. The van der Waals surface area contributed by atoms with Gasteiger partial charge in [-0.05, 0) is 37.5 Å². The van der Waals surface area contributed by atoms with Gasteiger partial charge in [-0.2, -0.15) is 0 Å². The Morgan fingerprint density at radius 3 is 2.64 bits per heavy atom. The van der Waals surface area contributed by atoms with Gasteiger partial charge in [-0.1, -0.05) is 12.1 Å². The van der Waals surface area contributed by atoms with Gasteiger partial charge in [-0.25, -0.2) is 0 Å². The van der Waals surface area contributed by atoms with Crippen molar-refractivity contribution in [2.75, 3.05) is 51.9 Å². The van der Waals surface area contributed by atoms with Crippen LogP contribution in [0.4, 0.5) is 5.69 Å². The Balaban J connectivity index is 0.00000280. The lowest BCUT2D eigenvalue weighted by Crippen LogP contribution is -2.51. The number of ether oxygens (including phenoxy) is 2. The standard InChI is InChI=1S/C21H34N4O2.HI/c1-17(18-7-6-8-19(15-18)25-11-4-5-12-25)24-20(22-2)23-16-21(26-3)9-13-27-14-10-21;/h6-8,15,17H,4-5,9-14,16H2,1-3H3,(H2,22,23,24);1H. The van der Waals surface area contributed by atoms with Gasteiger partial charge in [-0.15, -0.1) is 24.0 Å². The molecule has 2 aliphatic rings. The first kappa shape index (κ1) is 23.2. The maximum absolute atomic E-state index is 5.81. The summed E-state index contributed by atoms with van der Waals surface area (Å²) in [6.07, 6.45) is 4.39. The summed E-state index contributed by atoms with van der Waals surface area (Å²) in [6, 6.07) is 9.01. The molecule has 2 N–H and O–H groups in total. The number of hydrogen-bond acceptors (Lipinski definition) is 4. The third kappa shape index (κ3) is 5.97. The van der Waals surface area contributed by atoms with Crippen molar-refractivity contribution in [3.05, 3.63) is 29.8 Å². The predicted octanol–water partition coefficient (Wildman–Crippen LogP) is 3.33. The molecule has 2 saturated heterocycles. The van der Waals surface area contributed by atoms with Crippen molar-refractivity contribution in [2.45, 2.75) is 44.2 Å². The minimum Gasteiger partial charge on any atom is -0.381 e. The Hall–Kier alpha value is -1.06. The van der Waals surface area contributed by atoms with Gasteiger partial charge < -0.3 is 25.0 Å². The molecule has 0 amide bonds. The monoisotopic (exact) mass is 502 g/mol. The number of rotatable bonds is 6. The molecule has 0 saturated carbocycles. The molecule has 0 radical (unpaired) electrons. The zero-order valence-electron chi connectivity index (χ0n) is 17.4. The van der Waals surface area contributed by atoms with Crippen molar-refractivity contribution in [2.24, 2.45) is 4.99 Å². The highest BCUT2D eigenvalue weighted by atomic mass is 127. The summed E-state index contributed by atoms with van der Waals surface area (Å²) < 4.78 is 11.3. The molecule has 3 rings (SSSR count). The van der Waals surface area contributed by atoms with Crippen LogP contribution in [0.1, 0.15) is 44.2 Å². The fraction of sp³-hybridized carbons (Fsp3) is 0.667. The summed E-state index contributed by atoms with van der Waals surface area (Å²) >= 11 is 0. The van der Waals surface area contributed by atoms with E-state index in [9.17, 15) is 0 Å². The molecule has 0 aliphatic carbocycles. The van der Waals surface area contributed by atoms with E-state index in [0.29, 0.717) is 0 Å². The minimum atomic E-state index is -0.172. The van der Waals surface area contributed by atoms with Crippen LogP contribution < -0.4 is 15.5 Å². The summed E-state index contributed by atoms with van der Waals surface area (Å²) in [7, 11) is 3.60. The normalized spacial score (nSPS) is 20.4. The Labute approximate surface area is 186 Å². The van der Waals surface area contributed by atoms with Crippen LogP contribution >= 0.6 is 24.0 Å². The number of guanidine groups is 1. The van der Waals surface area contributed by atoms with E-state index in [4.69, 9.17) is 9.47 Å². The van der Waals surface area contributed by atoms with Gasteiger partial charge >= 0.3 is 0 Å². The van der Waals surface area contributed by atoms with Crippen LogP contribution in [0.5, 0.6) is 0 Å². The van der Waals surface area contributed by atoms with Crippen molar-refractivity contribution in [3.8, 4) is 0 Å². The van der Waals surface area contributed by atoms with E-state index in [1.165, 1.54) is 24.1 Å². The molecule has 28 heavy (non-hydrogen) atoms. The third-order valence-corrected chi connectivity index (χ3v) is 5.83. The molecule has 0 bridgehead atoms. The van der Waals surface area contributed by atoms with Crippen LogP contribution in [0.2, 0.25) is 0 Å². The SMILES string of the molecule is CN=C(NCC1(OC)CCOCC1)NC(C)c1cccc(N2CCCC2)c1.I. The van der Waals surface area contributed by atoms with E-state index in [0.717, 1.165) is 51.6 Å². The van der Waals surface area contributed by atoms with Crippen LogP contribution in [-0.4, -0.2) is 58.6 Å². The van der Waals surface area contributed by atoms with Gasteiger partial charge in [0.2, 0.25) is 0 Å². The summed E-state index contributed by atoms with van der Waals surface area (Å²) in [6.45, 7) is 6.74. The van der Waals surface area contributed by atoms with Gasteiger partial charge in [0.1, 0.15) is 0 Å². The second-order valence-electron chi connectivity index (χ2n) is 7.58. The minimum absolute atomic E-state index is 0. The van der Waals surface area contributed by atoms with Crippen molar-refractivity contribution in [1.82, 2.24) is 10.6 Å². The highest BCUT2D eigenvalue weighted by Gasteiger charge is 2.32. The second kappa shape index (κ2) is 11.2. The number of halogens is 1. The predicted molar refractivity (Wildman–Crippen MR) is 126 cm³/mol.